The number of rotatable bonds is 4. The van der Waals surface area contributed by atoms with E-state index in [-0.39, 0.29) is 17.5 Å². The van der Waals surface area contributed by atoms with Crippen LogP contribution in [0.2, 0.25) is 0 Å². The minimum atomic E-state index is -0.525. The van der Waals surface area contributed by atoms with Gasteiger partial charge in [0.1, 0.15) is 6.20 Å². The van der Waals surface area contributed by atoms with Gasteiger partial charge < -0.3 is 5.11 Å². The number of aliphatic hydroxyl groups is 1. The van der Waals surface area contributed by atoms with Gasteiger partial charge in [-0.1, -0.05) is 13.8 Å². The first-order valence-electron chi connectivity index (χ1n) is 5.63. The van der Waals surface area contributed by atoms with Crippen molar-refractivity contribution in [3.8, 4) is 0 Å². The summed E-state index contributed by atoms with van der Waals surface area (Å²) in [5.41, 5.74) is 1.47. The summed E-state index contributed by atoms with van der Waals surface area (Å²) in [7, 11) is 0. The quantitative estimate of drug-likeness (QED) is 0.645. The average molecular weight is 238 g/mol. The maximum Gasteiger partial charge on any atom is 0.287 e. The van der Waals surface area contributed by atoms with Crippen LogP contribution in [0.15, 0.2) is 12.3 Å². The highest BCUT2D eigenvalue weighted by molar-refractivity contribution is 5.35. The number of nitrogens with zero attached hydrogens (tertiary/aromatic N) is 2. The molecule has 0 amide bonds. The number of hydrogen-bond acceptors (Lipinski definition) is 4. The largest absolute Gasteiger partial charge is 0.393 e. The second-order valence-electron chi connectivity index (χ2n) is 4.66. The van der Waals surface area contributed by atoms with E-state index in [1.54, 1.807) is 13.8 Å². The van der Waals surface area contributed by atoms with E-state index in [2.05, 4.69) is 4.98 Å². The Labute approximate surface area is 101 Å². The number of aliphatic hydroxyl groups excluding tert-OH is 1. The molecule has 0 bridgehead atoms. The van der Waals surface area contributed by atoms with Crippen molar-refractivity contribution < 1.29 is 10.0 Å². The van der Waals surface area contributed by atoms with Crippen LogP contribution in [0, 0.1) is 23.0 Å². The van der Waals surface area contributed by atoms with Crippen molar-refractivity contribution in [3.05, 3.63) is 33.6 Å². The van der Waals surface area contributed by atoms with E-state index in [9.17, 15) is 15.2 Å². The van der Waals surface area contributed by atoms with Gasteiger partial charge in [-0.15, -0.1) is 0 Å². The second-order valence-corrected chi connectivity index (χ2v) is 4.66. The van der Waals surface area contributed by atoms with E-state index in [0.717, 1.165) is 11.3 Å². The molecular formula is C12H18N2O3. The van der Waals surface area contributed by atoms with E-state index in [1.807, 2.05) is 13.8 Å². The van der Waals surface area contributed by atoms with Gasteiger partial charge in [0.2, 0.25) is 0 Å². The molecule has 0 aliphatic rings. The number of aromatic nitrogens is 1. The summed E-state index contributed by atoms with van der Waals surface area (Å²) < 4.78 is 0. The first kappa shape index (κ1) is 13.6. The molecule has 1 aromatic heterocycles. The third-order valence-electron chi connectivity index (χ3n) is 2.87. The fourth-order valence-electron chi connectivity index (χ4n) is 2.12. The van der Waals surface area contributed by atoms with E-state index >= 15 is 0 Å². The Bertz CT molecular complexity index is 408. The zero-order valence-corrected chi connectivity index (χ0v) is 10.5. The van der Waals surface area contributed by atoms with Crippen molar-refractivity contribution in [2.75, 3.05) is 0 Å². The molecule has 0 aromatic carbocycles. The summed E-state index contributed by atoms with van der Waals surface area (Å²) in [6.45, 7) is 7.50. The predicted octanol–water partition coefficient (Wildman–Crippen LogP) is 2.42. The minimum absolute atomic E-state index is 0.0145. The third kappa shape index (κ3) is 3.00. The minimum Gasteiger partial charge on any atom is -0.393 e. The molecule has 0 spiro atoms. The molecule has 5 nitrogen and oxygen atoms in total. The molecule has 2 unspecified atom stereocenters. The first-order chi connectivity index (χ1) is 7.84. The lowest BCUT2D eigenvalue weighted by Crippen LogP contribution is -2.22. The van der Waals surface area contributed by atoms with Gasteiger partial charge in [-0.3, -0.25) is 15.1 Å². The van der Waals surface area contributed by atoms with E-state index < -0.39 is 11.0 Å². The molecule has 1 rings (SSSR count). The molecular weight excluding hydrogens is 220 g/mol. The fraction of sp³-hybridized carbons (Fsp3) is 0.583. The molecule has 0 saturated heterocycles. The highest BCUT2D eigenvalue weighted by atomic mass is 16.6. The molecule has 0 fully saturated rings. The topological polar surface area (TPSA) is 76.3 Å². The second kappa shape index (κ2) is 5.23. The lowest BCUT2D eigenvalue weighted by atomic mass is 9.86. The van der Waals surface area contributed by atoms with E-state index in [0.29, 0.717) is 0 Å². The van der Waals surface area contributed by atoms with Gasteiger partial charge in [-0.2, -0.15) is 0 Å². The third-order valence-corrected chi connectivity index (χ3v) is 2.87. The Kier molecular flexibility index (Phi) is 4.17. The number of aryl methyl sites for hydroxylation is 1. The Balaban J connectivity index is 3.18. The number of hydrogen-bond donors (Lipinski definition) is 1. The van der Waals surface area contributed by atoms with Gasteiger partial charge in [-0.25, -0.2) is 0 Å². The monoisotopic (exact) mass is 238 g/mol. The zero-order valence-electron chi connectivity index (χ0n) is 10.5. The molecule has 0 aliphatic heterocycles. The molecule has 0 saturated carbocycles. The smallest absolute Gasteiger partial charge is 0.287 e. The summed E-state index contributed by atoms with van der Waals surface area (Å²) in [5.74, 6) is 0.124. The molecule has 0 radical (unpaired) electrons. The normalized spacial score (nSPS) is 14.7. The Morgan fingerprint density at radius 1 is 1.41 bits per heavy atom. The van der Waals surface area contributed by atoms with Crippen molar-refractivity contribution in [1.29, 1.82) is 0 Å². The van der Waals surface area contributed by atoms with Crippen LogP contribution < -0.4 is 0 Å². The first-order valence-corrected chi connectivity index (χ1v) is 5.63. The van der Waals surface area contributed by atoms with Crippen LogP contribution in [0.4, 0.5) is 5.69 Å². The molecule has 17 heavy (non-hydrogen) atoms. The number of pyridine rings is 1. The fourth-order valence-corrected chi connectivity index (χ4v) is 2.12. The van der Waals surface area contributed by atoms with Crippen molar-refractivity contribution in [1.82, 2.24) is 4.98 Å². The van der Waals surface area contributed by atoms with Gasteiger partial charge in [0.25, 0.3) is 5.69 Å². The summed E-state index contributed by atoms with van der Waals surface area (Å²) in [4.78, 5) is 14.3. The van der Waals surface area contributed by atoms with Gasteiger partial charge in [0, 0.05) is 17.7 Å². The zero-order chi connectivity index (χ0) is 13.2. The molecule has 1 heterocycles. The molecule has 1 aromatic rings. The summed E-state index contributed by atoms with van der Waals surface area (Å²) in [6.07, 6.45) is 0.725. The van der Waals surface area contributed by atoms with Crippen LogP contribution in [0.25, 0.3) is 0 Å². The van der Waals surface area contributed by atoms with Crippen molar-refractivity contribution in [2.24, 2.45) is 5.92 Å². The van der Waals surface area contributed by atoms with Crippen molar-refractivity contribution >= 4 is 5.69 Å². The highest BCUT2D eigenvalue weighted by Gasteiger charge is 2.25. The Hall–Kier alpha value is -1.49. The van der Waals surface area contributed by atoms with Crippen LogP contribution in [0.5, 0.6) is 0 Å². The summed E-state index contributed by atoms with van der Waals surface area (Å²) in [5, 5.41) is 20.4. The molecule has 5 heteroatoms. The Morgan fingerprint density at radius 2 is 2.00 bits per heavy atom. The molecule has 94 valence electrons. The summed E-state index contributed by atoms with van der Waals surface area (Å²) >= 11 is 0. The van der Waals surface area contributed by atoms with Gasteiger partial charge in [-0.05, 0) is 25.3 Å². The van der Waals surface area contributed by atoms with Crippen LogP contribution in [0.3, 0.4) is 0 Å². The lowest BCUT2D eigenvalue weighted by Gasteiger charge is -2.24. The maximum absolute atomic E-state index is 10.6. The predicted molar refractivity (Wildman–Crippen MR) is 64.9 cm³/mol. The van der Waals surface area contributed by atoms with E-state index in [4.69, 9.17) is 0 Å². The lowest BCUT2D eigenvalue weighted by molar-refractivity contribution is -0.385. The van der Waals surface area contributed by atoms with Crippen LogP contribution >= 0.6 is 0 Å². The summed E-state index contributed by atoms with van der Waals surface area (Å²) in [6, 6.07) is 1.50. The van der Waals surface area contributed by atoms with Crippen LogP contribution in [-0.2, 0) is 0 Å². The molecule has 0 aliphatic carbocycles. The Morgan fingerprint density at radius 3 is 2.35 bits per heavy atom. The van der Waals surface area contributed by atoms with Crippen LogP contribution in [-0.4, -0.2) is 21.1 Å². The van der Waals surface area contributed by atoms with Gasteiger partial charge in [0.05, 0.1) is 11.0 Å². The van der Waals surface area contributed by atoms with Gasteiger partial charge >= 0.3 is 0 Å². The molecule has 1 N–H and O–H groups in total. The number of nitro groups is 1. The highest BCUT2D eigenvalue weighted by Crippen LogP contribution is 2.30. The maximum atomic E-state index is 10.6. The van der Waals surface area contributed by atoms with Crippen molar-refractivity contribution in [2.45, 2.75) is 39.7 Å². The van der Waals surface area contributed by atoms with Crippen molar-refractivity contribution in [3.63, 3.8) is 0 Å². The van der Waals surface area contributed by atoms with Gasteiger partial charge in [0.15, 0.2) is 0 Å². The molecule has 2 atom stereocenters. The SMILES string of the molecule is Cc1cc([N+](=O)[O-])cnc1C(C(C)C)C(C)O. The average Bonchev–Trinajstić information content (AvgIpc) is 2.19. The van der Waals surface area contributed by atoms with Crippen LogP contribution in [0.1, 0.15) is 37.9 Å². The van der Waals surface area contributed by atoms with E-state index in [1.165, 1.54) is 12.3 Å². The standard InChI is InChI=1S/C12H18N2O3/c1-7(2)11(9(4)15)12-8(3)5-10(6-13-12)14(16)17/h5-7,9,11,15H,1-4H3.